The first-order chi connectivity index (χ1) is 8.59. The summed E-state index contributed by atoms with van der Waals surface area (Å²) in [6.07, 6.45) is 1.54. The monoisotopic (exact) mass is 281 g/mol. The highest BCUT2D eigenvalue weighted by molar-refractivity contribution is 6.42. The molecule has 0 atom stereocenters. The van der Waals surface area contributed by atoms with Crippen LogP contribution in [-0.2, 0) is 0 Å². The van der Waals surface area contributed by atoms with Crippen molar-refractivity contribution >= 4 is 29.0 Å². The van der Waals surface area contributed by atoms with Gasteiger partial charge in [0.1, 0.15) is 10.8 Å². The summed E-state index contributed by atoms with van der Waals surface area (Å²) in [5.41, 5.74) is 0.397. The highest BCUT2D eigenvalue weighted by Crippen LogP contribution is 2.34. The average molecular weight is 282 g/mol. The van der Waals surface area contributed by atoms with E-state index in [1.54, 1.807) is 36.5 Å². The molecule has 0 fully saturated rings. The summed E-state index contributed by atoms with van der Waals surface area (Å²) in [5, 5.41) is 0.675. The number of benzene rings is 1. The molecule has 0 bridgehead atoms. The maximum atomic E-state index is 11.4. The van der Waals surface area contributed by atoms with Crippen molar-refractivity contribution in [2.75, 3.05) is 0 Å². The van der Waals surface area contributed by atoms with Gasteiger partial charge in [0.2, 0.25) is 5.88 Å². The first-order valence-electron chi connectivity index (χ1n) is 5.17. The molecule has 1 aromatic heterocycles. The molecular weight excluding hydrogens is 273 g/mol. The van der Waals surface area contributed by atoms with Gasteiger partial charge in [-0.1, -0.05) is 29.3 Å². The summed E-state index contributed by atoms with van der Waals surface area (Å²) in [7, 11) is 0. The smallest absolute Gasteiger partial charge is 0.230 e. The largest absolute Gasteiger partial charge is 0.437 e. The van der Waals surface area contributed by atoms with Gasteiger partial charge in [-0.3, -0.25) is 4.79 Å². The van der Waals surface area contributed by atoms with Crippen LogP contribution in [0.25, 0.3) is 0 Å². The molecule has 3 nitrogen and oxygen atoms in total. The van der Waals surface area contributed by atoms with Crippen molar-refractivity contribution in [3.63, 3.8) is 0 Å². The summed E-state index contributed by atoms with van der Waals surface area (Å²) >= 11 is 11.9. The number of Topliss-reactive ketones (excluding diaryl/α,β-unsaturated/α-hetero) is 1. The van der Waals surface area contributed by atoms with E-state index in [2.05, 4.69) is 4.98 Å². The lowest BCUT2D eigenvalue weighted by atomic mass is 10.2. The van der Waals surface area contributed by atoms with E-state index in [4.69, 9.17) is 27.9 Å². The number of pyridine rings is 1. The molecule has 2 aromatic rings. The lowest BCUT2D eigenvalue weighted by Gasteiger charge is -2.09. The second kappa shape index (κ2) is 5.38. The van der Waals surface area contributed by atoms with Gasteiger partial charge in [-0.15, -0.1) is 0 Å². The van der Waals surface area contributed by atoms with E-state index in [1.807, 2.05) is 0 Å². The van der Waals surface area contributed by atoms with Crippen LogP contribution in [0.2, 0.25) is 10.0 Å². The Labute approximate surface area is 114 Å². The van der Waals surface area contributed by atoms with Crippen LogP contribution in [0, 0.1) is 0 Å². The van der Waals surface area contributed by atoms with Crippen molar-refractivity contribution in [1.82, 2.24) is 4.98 Å². The maximum Gasteiger partial charge on any atom is 0.230 e. The summed E-state index contributed by atoms with van der Waals surface area (Å²) in [6, 6.07) is 8.33. The number of ether oxygens (including phenoxy) is 1. The minimum atomic E-state index is -0.128. The lowest BCUT2D eigenvalue weighted by molar-refractivity contribution is 0.101. The van der Waals surface area contributed by atoms with Crippen LogP contribution in [0.3, 0.4) is 0 Å². The van der Waals surface area contributed by atoms with E-state index in [9.17, 15) is 4.79 Å². The zero-order valence-electron chi connectivity index (χ0n) is 9.48. The number of carbonyl (C=O) groups is 1. The minimum absolute atomic E-state index is 0.128. The van der Waals surface area contributed by atoms with Gasteiger partial charge < -0.3 is 4.74 Å². The predicted molar refractivity (Wildman–Crippen MR) is 70.8 cm³/mol. The van der Waals surface area contributed by atoms with Gasteiger partial charge >= 0.3 is 0 Å². The van der Waals surface area contributed by atoms with Crippen molar-refractivity contribution in [2.45, 2.75) is 6.92 Å². The van der Waals surface area contributed by atoms with Crippen molar-refractivity contribution in [1.29, 1.82) is 0 Å². The fraction of sp³-hybridized carbons (Fsp3) is 0.0769. The van der Waals surface area contributed by atoms with E-state index >= 15 is 0 Å². The van der Waals surface area contributed by atoms with Gasteiger partial charge in [0.25, 0.3) is 0 Å². The SMILES string of the molecule is CC(=O)c1cccnc1Oc1cccc(Cl)c1Cl. The van der Waals surface area contributed by atoms with Crippen molar-refractivity contribution in [3.05, 3.63) is 52.1 Å². The van der Waals surface area contributed by atoms with Crippen molar-refractivity contribution in [3.8, 4) is 11.6 Å². The highest BCUT2D eigenvalue weighted by Gasteiger charge is 2.12. The molecule has 92 valence electrons. The zero-order chi connectivity index (χ0) is 13.1. The Morgan fingerprint density at radius 1 is 1.22 bits per heavy atom. The van der Waals surface area contributed by atoms with Crippen LogP contribution >= 0.6 is 23.2 Å². The molecule has 1 aromatic carbocycles. The number of aromatic nitrogens is 1. The van der Waals surface area contributed by atoms with E-state index in [1.165, 1.54) is 6.92 Å². The molecule has 0 amide bonds. The Morgan fingerprint density at radius 2 is 2.00 bits per heavy atom. The number of rotatable bonds is 3. The lowest BCUT2D eigenvalue weighted by Crippen LogP contribution is -1.99. The molecule has 5 heteroatoms. The standard InChI is InChI=1S/C13H9Cl2NO2/c1-8(17)9-4-3-7-16-13(9)18-11-6-2-5-10(14)12(11)15/h2-7H,1H3. The van der Waals surface area contributed by atoms with Gasteiger partial charge in [0.05, 0.1) is 10.6 Å². The number of hydrogen-bond donors (Lipinski definition) is 0. The Balaban J connectivity index is 2.40. The maximum absolute atomic E-state index is 11.4. The van der Waals surface area contributed by atoms with Gasteiger partial charge in [-0.25, -0.2) is 4.98 Å². The number of halogens is 2. The van der Waals surface area contributed by atoms with E-state index in [0.717, 1.165) is 0 Å². The third kappa shape index (κ3) is 2.63. The number of nitrogens with zero attached hydrogens (tertiary/aromatic N) is 1. The first-order valence-corrected chi connectivity index (χ1v) is 5.93. The molecule has 18 heavy (non-hydrogen) atoms. The molecule has 0 spiro atoms. The third-order valence-corrected chi connectivity index (χ3v) is 3.07. The van der Waals surface area contributed by atoms with Gasteiger partial charge in [-0.2, -0.15) is 0 Å². The number of ketones is 1. The number of carbonyl (C=O) groups excluding carboxylic acids is 1. The van der Waals surface area contributed by atoms with Crippen LogP contribution in [0.5, 0.6) is 11.6 Å². The zero-order valence-corrected chi connectivity index (χ0v) is 11.0. The van der Waals surface area contributed by atoms with Crippen molar-refractivity contribution < 1.29 is 9.53 Å². The van der Waals surface area contributed by atoms with E-state index in [0.29, 0.717) is 21.4 Å². The molecule has 0 aliphatic rings. The Bertz CT molecular complexity index is 599. The Hall–Kier alpha value is -1.58. The van der Waals surface area contributed by atoms with Crippen LogP contribution in [-0.4, -0.2) is 10.8 Å². The summed E-state index contributed by atoms with van der Waals surface area (Å²) in [6.45, 7) is 1.45. The van der Waals surface area contributed by atoms with Gasteiger partial charge in [0, 0.05) is 6.20 Å². The normalized spacial score (nSPS) is 10.2. The predicted octanol–water partition coefficient (Wildman–Crippen LogP) is 4.38. The molecule has 0 aliphatic heterocycles. The first kappa shape index (κ1) is 12.9. The molecule has 2 rings (SSSR count). The summed E-state index contributed by atoms with van der Waals surface area (Å²) in [4.78, 5) is 15.5. The highest BCUT2D eigenvalue weighted by atomic mass is 35.5. The fourth-order valence-electron chi connectivity index (χ4n) is 1.41. The molecule has 0 unspecified atom stereocenters. The summed E-state index contributed by atoms with van der Waals surface area (Å²) in [5.74, 6) is 0.454. The summed E-state index contributed by atoms with van der Waals surface area (Å²) < 4.78 is 5.53. The quantitative estimate of drug-likeness (QED) is 0.784. The van der Waals surface area contributed by atoms with E-state index < -0.39 is 0 Å². The molecule has 0 radical (unpaired) electrons. The molecule has 0 aliphatic carbocycles. The van der Waals surface area contributed by atoms with Gasteiger partial charge in [-0.05, 0) is 31.2 Å². The second-order valence-corrected chi connectivity index (χ2v) is 4.35. The fourth-order valence-corrected chi connectivity index (χ4v) is 1.74. The number of hydrogen-bond acceptors (Lipinski definition) is 3. The van der Waals surface area contributed by atoms with Crippen molar-refractivity contribution in [2.24, 2.45) is 0 Å². The topological polar surface area (TPSA) is 39.2 Å². The molecule has 0 N–H and O–H groups in total. The minimum Gasteiger partial charge on any atom is -0.437 e. The van der Waals surface area contributed by atoms with Crippen LogP contribution in [0.15, 0.2) is 36.5 Å². The van der Waals surface area contributed by atoms with Crippen LogP contribution < -0.4 is 4.74 Å². The third-order valence-electron chi connectivity index (χ3n) is 2.27. The average Bonchev–Trinajstić information content (AvgIpc) is 2.35. The van der Waals surface area contributed by atoms with Crippen LogP contribution in [0.1, 0.15) is 17.3 Å². The molecule has 0 saturated carbocycles. The van der Waals surface area contributed by atoms with Gasteiger partial charge in [0.15, 0.2) is 5.78 Å². The van der Waals surface area contributed by atoms with Crippen LogP contribution in [0.4, 0.5) is 0 Å². The Kier molecular flexibility index (Phi) is 3.84. The second-order valence-electron chi connectivity index (χ2n) is 3.57. The van der Waals surface area contributed by atoms with E-state index in [-0.39, 0.29) is 11.7 Å². The molecular formula is C13H9Cl2NO2. The Morgan fingerprint density at radius 3 is 2.72 bits per heavy atom. The molecule has 1 heterocycles. The molecule has 0 saturated heterocycles.